The molecule has 4 rings (SSSR count). The summed E-state index contributed by atoms with van der Waals surface area (Å²) in [5.74, 6) is -0.0119. The lowest BCUT2D eigenvalue weighted by atomic mass is 10.1. The fraction of sp³-hybridized carbons (Fsp3) is 0.263. The molecule has 2 amide bonds. The molecular formula is C19H17FN2O4. The van der Waals surface area contributed by atoms with E-state index in [0.29, 0.717) is 22.7 Å². The molecule has 1 unspecified atom stereocenters. The smallest absolute Gasteiger partial charge is 0.231 e. The highest BCUT2D eigenvalue weighted by atomic mass is 19.1. The summed E-state index contributed by atoms with van der Waals surface area (Å²) >= 11 is 0. The zero-order chi connectivity index (χ0) is 18.1. The Kier molecular flexibility index (Phi) is 4.20. The van der Waals surface area contributed by atoms with Gasteiger partial charge in [0.25, 0.3) is 0 Å². The van der Waals surface area contributed by atoms with Crippen LogP contribution in [0, 0.1) is 11.7 Å². The molecule has 7 heteroatoms. The highest BCUT2D eigenvalue weighted by molar-refractivity contribution is 5.97. The SMILES string of the molecule is O=C(Nc1ccc2c(c1)OCO2)C1CC(=O)N(Cc2ccccc2F)C1. The molecule has 0 radical (unpaired) electrons. The molecule has 134 valence electrons. The first-order chi connectivity index (χ1) is 12.6. The lowest BCUT2D eigenvalue weighted by Crippen LogP contribution is -2.28. The molecule has 0 saturated carbocycles. The minimum atomic E-state index is -0.473. The summed E-state index contributed by atoms with van der Waals surface area (Å²) < 4.78 is 24.3. The third-order valence-corrected chi connectivity index (χ3v) is 4.54. The number of benzene rings is 2. The van der Waals surface area contributed by atoms with Crippen LogP contribution in [0.25, 0.3) is 0 Å². The molecule has 0 aromatic heterocycles. The molecule has 1 saturated heterocycles. The molecule has 2 heterocycles. The lowest BCUT2D eigenvalue weighted by molar-refractivity contribution is -0.128. The van der Waals surface area contributed by atoms with Crippen LogP contribution in [0.4, 0.5) is 10.1 Å². The van der Waals surface area contributed by atoms with E-state index < -0.39 is 5.92 Å². The number of ether oxygens (including phenoxy) is 2. The molecule has 1 atom stereocenters. The van der Waals surface area contributed by atoms with E-state index in [-0.39, 0.29) is 43.9 Å². The lowest BCUT2D eigenvalue weighted by Gasteiger charge is -2.17. The van der Waals surface area contributed by atoms with Gasteiger partial charge in [-0.05, 0) is 18.2 Å². The highest BCUT2D eigenvalue weighted by Gasteiger charge is 2.34. The van der Waals surface area contributed by atoms with E-state index in [0.717, 1.165) is 0 Å². The normalized spacial score (nSPS) is 18.3. The summed E-state index contributed by atoms with van der Waals surface area (Å²) in [6, 6.07) is 11.5. The maximum atomic E-state index is 13.8. The number of anilines is 1. The average molecular weight is 356 g/mol. The number of rotatable bonds is 4. The molecule has 6 nitrogen and oxygen atoms in total. The second-order valence-corrected chi connectivity index (χ2v) is 6.32. The second-order valence-electron chi connectivity index (χ2n) is 6.32. The molecule has 2 aliphatic rings. The number of amides is 2. The van der Waals surface area contributed by atoms with Crippen LogP contribution in [0.2, 0.25) is 0 Å². The monoisotopic (exact) mass is 356 g/mol. The Morgan fingerprint density at radius 2 is 2.00 bits per heavy atom. The first kappa shape index (κ1) is 16.4. The third kappa shape index (κ3) is 3.20. The van der Waals surface area contributed by atoms with Gasteiger partial charge >= 0.3 is 0 Å². The zero-order valence-electron chi connectivity index (χ0n) is 13.9. The van der Waals surface area contributed by atoms with Crippen LogP contribution in [0.1, 0.15) is 12.0 Å². The van der Waals surface area contributed by atoms with Crippen molar-refractivity contribution >= 4 is 17.5 Å². The van der Waals surface area contributed by atoms with Crippen molar-refractivity contribution in [2.24, 2.45) is 5.92 Å². The summed E-state index contributed by atoms with van der Waals surface area (Å²) in [6.45, 7) is 0.595. The van der Waals surface area contributed by atoms with Crippen molar-refractivity contribution in [3.05, 3.63) is 53.8 Å². The standard InChI is InChI=1S/C19H17FN2O4/c20-15-4-2-1-3-12(15)9-22-10-13(7-18(22)23)19(24)21-14-5-6-16-17(8-14)26-11-25-16/h1-6,8,13H,7,9-11H2,(H,21,24). The molecule has 0 spiro atoms. The van der Waals surface area contributed by atoms with Crippen molar-refractivity contribution in [2.45, 2.75) is 13.0 Å². The Labute approximate surface area is 149 Å². The number of hydrogen-bond donors (Lipinski definition) is 1. The van der Waals surface area contributed by atoms with Crippen LogP contribution in [0.5, 0.6) is 11.5 Å². The Balaban J connectivity index is 1.40. The zero-order valence-corrected chi connectivity index (χ0v) is 13.9. The summed E-state index contributed by atoms with van der Waals surface area (Å²) in [4.78, 5) is 26.2. The van der Waals surface area contributed by atoms with Gasteiger partial charge in [0, 0.05) is 36.8 Å². The van der Waals surface area contributed by atoms with Crippen LogP contribution >= 0.6 is 0 Å². The maximum Gasteiger partial charge on any atom is 0.231 e. The van der Waals surface area contributed by atoms with Gasteiger partial charge in [-0.25, -0.2) is 4.39 Å². The number of halogens is 1. The van der Waals surface area contributed by atoms with Gasteiger partial charge in [-0.2, -0.15) is 0 Å². The minimum absolute atomic E-state index is 0.116. The molecule has 2 aromatic carbocycles. The summed E-state index contributed by atoms with van der Waals surface area (Å²) in [6.07, 6.45) is 0.116. The number of carbonyl (C=O) groups excluding carboxylic acids is 2. The fourth-order valence-electron chi connectivity index (χ4n) is 3.15. The predicted octanol–water partition coefficient (Wildman–Crippen LogP) is 2.54. The Bertz CT molecular complexity index is 870. The first-order valence-corrected chi connectivity index (χ1v) is 8.32. The number of likely N-dealkylation sites (tertiary alicyclic amines) is 1. The van der Waals surface area contributed by atoms with Crippen molar-refractivity contribution < 1.29 is 23.5 Å². The number of hydrogen-bond acceptors (Lipinski definition) is 4. The molecule has 1 fully saturated rings. The van der Waals surface area contributed by atoms with Gasteiger partial charge in [0.1, 0.15) is 5.82 Å². The van der Waals surface area contributed by atoms with E-state index in [4.69, 9.17) is 9.47 Å². The molecule has 2 aromatic rings. The van der Waals surface area contributed by atoms with Crippen molar-refractivity contribution in [1.29, 1.82) is 0 Å². The van der Waals surface area contributed by atoms with E-state index in [9.17, 15) is 14.0 Å². The van der Waals surface area contributed by atoms with Crippen LogP contribution in [-0.4, -0.2) is 30.1 Å². The van der Waals surface area contributed by atoms with Gasteiger partial charge < -0.3 is 19.7 Å². The van der Waals surface area contributed by atoms with Gasteiger partial charge in [-0.1, -0.05) is 18.2 Å². The predicted molar refractivity (Wildman–Crippen MR) is 91.1 cm³/mol. The van der Waals surface area contributed by atoms with Crippen molar-refractivity contribution in [3.8, 4) is 11.5 Å². The number of carbonyl (C=O) groups is 2. The van der Waals surface area contributed by atoms with Gasteiger partial charge in [0.2, 0.25) is 18.6 Å². The van der Waals surface area contributed by atoms with E-state index in [2.05, 4.69) is 5.32 Å². The quantitative estimate of drug-likeness (QED) is 0.914. The molecule has 0 bridgehead atoms. The van der Waals surface area contributed by atoms with E-state index in [1.165, 1.54) is 11.0 Å². The highest BCUT2D eigenvalue weighted by Crippen LogP contribution is 2.34. The first-order valence-electron chi connectivity index (χ1n) is 8.32. The Morgan fingerprint density at radius 1 is 1.19 bits per heavy atom. The van der Waals surface area contributed by atoms with Crippen molar-refractivity contribution in [1.82, 2.24) is 4.90 Å². The minimum Gasteiger partial charge on any atom is -0.454 e. The van der Waals surface area contributed by atoms with Crippen LogP contribution in [0.3, 0.4) is 0 Å². The molecule has 26 heavy (non-hydrogen) atoms. The molecule has 1 N–H and O–H groups in total. The fourth-order valence-corrected chi connectivity index (χ4v) is 3.15. The van der Waals surface area contributed by atoms with Gasteiger partial charge in [-0.15, -0.1) is 0 Å². The second kappa shape index (κ2) is 6.67. The van der Waals surface area contributed by atoms with Crippen molar-refractivity contribution in [3.63, 3.8) is 0 Å². The van der Waals surface area contributed by atoms with Crippen molar-refractivity contribution in [2.75, 3.05) is 18.7 Å². The summed E-state index contributed by atoms with van der Waals surface area (Å²) in [5, 5.41) is 2.80. The Morgan fingerprint density at radius 3 is 2.85 bits per heavy atom. The largest absolute Gasteiger partial charge is 0.454 e. The van der Waals surface area contributed by atoms with Gasteiger partial charge in [0.15, 0.2) is 11.5 Å². The van der Waals surface area contributed by atoms with Gasteiger partial charge in [-0.3, -0.25) is 9.59 Å². The summed E-state index contributed by atoms with van der Waals surface area (Å²) in [7, 11) is 0. The van der Waals surface area contributed by atoms with Crippen LogP contribution in [-0.2, 0) is 16.1 Å². The Hall–Kier alpha value is -3.09. The molecule has 2 aliphatic heterocycles. The van der Waals surface area contributed by atoms with Crippen LogP contribution in [0.15, 0.2) is 42.5 Å². The average Bonchev–Trinajstić information content (AvgIpc) is 3.23. The van der Waals surface area contributed by atoms with E-state index in [1.807, 2.05) is 0 Å². The third-order valence-electron chi connectivity index (χ3n) is 4.54. The van der Waals surface area contributed by atoms with E-state index in [1.54, 1.807) is 36.4 Å². The van der Waals surface area contributed by atoms with Gasteiger partial charge in [0.05, 0.1) is 5.92 Å². The van der Waals surface area contributed by atoms with Crippen LogP contribution < -0.4 is 14.8 Å². The molecule has 0 aliphatic carbocycles. The number of fused-ring (bicyclic) bond motifs is 1. The summed E-state index contributed by atoms with van der Waals surface area (Å²) in [5.41, 5.74) is 1.02. The maximum absolute atomic E-state index is 13.8. The topological polar surface area (TPSA) is 67.9 Å². The number of nitrogens with zero attached hydrogens (tertiary/aromatic N) is 1. The van der Waals surface area contributed by atoms with E-state index >= 15 is 0 Å². The molecular weight excluding hydrogens is 339 g/mol. The number of nitrogens with one attached hydrogen (secondary N) is 1.